The van der Waals surface area contributed by atoms with Gasteiger partial charge in [0, 0.05) is 76.3 Å². The van der Waals surface area contributed by atoms with Crippen molar-refractivity contribution in [2.24, 2.45) is 5.92 Å². The Morgan fingerprint density at radius 2 is 1.85 bits per heavy atom. The second-order valence-corrected chi connectivity index (χ2v) is 8.06. The molecule has 27 heavy (non-hydrogen) atoms. The summed E-state index contributed by atoms with van der Waals surface area (Å²) in [4.78, 5) is 18.9. The predicted molar refractivity (Wildman–Crippen MR) is 106 cm³/mol. The van der Waals surface area contributed by atoms with Gasteiger partial charge in [-0.2, -0.15) is 0 Å². The van der Waals surface area contributed by atoms with Crippen LogP contribution in [0.25, 0.3) is 0 Å². The van der Waals surface area contributed by atoms with Crippen LogP contribution in [0.2, 0.25) is 0 Å². The standard InChI is InChI=1S/C21H32N4O2/c1-2-23-7-9-24(10-8-23)11-12-27-20-6-4-3-5-17(20)14-25-15-18-13-21(26)22-19(18)16-25/h3-6,18-19H,2,7-16H2,1H3,(H,22,26)/t18-,19+/m0/s1. The lowest BCUT2D eigenvalue weighted by atomic mass is 10.1. The van der Waals surface area contributed by atoms with Crippen LogP contribution in [-0.2, 0) is 11.3 Å². The van der Waals surface area contributed by atoms with Crippen molar-refractivity contribution < 1.29 is 9.53 Å². The molecular formula is C21H32N4O2. The minimum Gasteiger partial charge on any atom is -0.492 e. The maximum atomic E-state index is 11.5. The quantitative estimate of drug-likeness (QED) is 0.775. The van der Waals surface area contributed by atoms with Gasteiger partial charge in [0.25, 0.3) is 0 Å². The van der Waals surface area contributed by atoms with Gasteiger partial charge in [0.1, 0.15) is 12.4 Å². The van der Waals surface area contributed by atoms with Crippen LogP contribution in [0.1, 0.15) is 18.9 Å². The number of para-hydroxylation sites is 1. The van der Waals surface area contributed by atoms with Crippen molar-refractivity contribution in [3.8, 4) is 5.75 Å². The molecule has 1 aromatic rings. The molecule has 148 valence electrons. The predicted octanol–water partition coefficient (Wildman–Crippen LogP) is 1.02. The average molecular weight is 373 g/mol. The Bertz CT molecular complexity index is 629. The van der Waals surface area contributed by atoms with Gasteiger partial charge in [-0.05, 0) is 12.6 Å². The van der Waals surface area contributed by atoms with Gasteiger partial charge in [0.05, 0.1) is 0 Å². The molecular weight excluding hydrogens is 340 g/mol. The fraction of sp³-hybridized carbons (Fsp3) is 0.667. The van der Waals surface area contributed by atoms with Gasteiger partial charge in [-0.1, -0.05) is 25.1 Å². The van der Waals surface area contributed by atoms with Gasteiger partial charge in [-0.15, -0.1) is 0 Å². The monoisotopic (exact) mass is 372 g/mol. The molecule has 1 amide bonds. The first kappa shape index (κ1) is 18.7. The minimum atomic E-state index is 0.216. The third-order valence-electron chi connectivity index (χ3n) is 6.25. The fourth-order valence-corrected chi connectivity index (χ4v) is 4.59. The van der Waals surface area contributed by atoms with E-state index < -0.39 is 0 Å². The Morgan fingerprint density at radius 3 is 2.63 bits per heavy atom. The van der Waals surface area contributed by atoms with Crippen LogP contribution >= 0.6 is 0 Å². The highest BCUT2D eigenvalue weighted by molar-refractivity contribution is 5.79. The number of hydrogen-bond donors (Lipinski definition) is 1. The third kappa shape index (κ3) is 4.62. The number of carbonyl (C=O) groups excluding carboxylic acids is 1. The summed E-state index contributed by atoms with van der Waals surface area (Å²) in [6, 6.07) is 8.74. The number of fused-ring (bicyclic) bond motifs is 1. The van der Waals surface area contributed by atoms with Gasteiger partial charge >= 0.3 is 0 Å². The van der Waals surface area contributed by atoms with Gasteiger partial charge in [-0.3, -0.25) is 14.6 Å². The normalized spacial score (nSPS) is 26.9. The van der Waals surface area contributed by atoms with Gasteiger partial charge in [0.2, 0.25) is 5.91 Å². The van der Waals surface area contributed by atoms with Crippen molar-refractivity contribution in [2.75, 3.05) is 59.0 Å². The fourth-order valence-electron chi connectivity index (χ4n) is 4.59. The number of ether oxygens (including phenoxy) is 1. The van der Waals surface area contributed by atoms with Crippen LogP contribution in [0, 0.1) is 5.92 Å². The van der Waals surface area contributed by atoms with Crippen LogP contribution < -0.4 is 10.1 Å². The maximum Gasteiger partial charge on any atom is 0.220 e. The first-order chi connectivity index (χ1) is 13.2. The number of likely N-dealkylation sites (tertiary alicyclic amines) is 1. The highest BCUT2D eigenvalue weighted by atomic mass is 16.5. The largest absolute Gasteiger partial charge is 0.492 e. The Morgan fingerprint density at radius 1 is 1.07 bits per heavy atom. The summed E-state index contributed by atoms with van der Waals surface area (Å²) in [6.45, 7) is 12.6. The van der Waals surface area contributed by atoms with E-state index in [0.717, 1.165) is 58.2 Å². The lowest BCUT2D eigenvalue weighted by molar-refractivity contribution is -0.119. The van der Waals surface area contributed by atoms with E-state index in [-0.39, 0.29) is 5.91 Å². The van der Waals surface area contributed by atoms with Crippen LogP contribution in [0.3, 0.4) is 0 Å². The van der Waals surface area contributed by atoms with E-state index >= 15 is 0 Å². The van der Waals surface area contributed by atoms with Crippen molar-refractivity contribution in [2.45, 2.75) is 25.9 Å². The molecule has 0 aromatic heterocycles. The highest BCUT2D eigenvalue weighted by Gasteiger charge is 2.39. The summed E-state index contributed by atoms with van der Waals surface area (Å²) in [5.41, 5.74) is 1.25. The number of rotatable bonds is 7. The summed E-state index contributed by atoms with van der Waals surface area (Å²) in [6.07, 6.45) is 0.685. The summed E-state index contributed by atoms with van der Waals surface area (Å²) >= 11 is 0. The van der Waals surface area contributed by atoms with Crippen molar-refractivity contribution in [1.29, 1.82) is 0 Å². The van der Waals surface area contributed by atoms with E-state index in [1.165, 1.54) is 18.7 Å². The highest BCUT2D eigenvalue weighted by Crippen LogP contribution is 2.28. The SMILES string of the molecule is CCN1CCN(CCOc2ccccc2CN2C[C@@H]3CC(=O)N[C@@H]3C2)CC1. The Hall–Kier alpha value is -1.63. The zero-order valence-electron chi connectivity index (χ0n) is 16.4. The molecule has 1 N–H and O–H groups in total. The van der Waals surface area contributed by atoms with Gasteiger partial charge in [0.15, 0.2) is 0 Å². The van der Waals surface area contributed by atoms with Crippen LogP contribution in [-0.4, -0.2) is 85.6 Å². The number of benzene rings is 1. The first-order valence-electron chi connectivity index (χ1n) is 10.4. The Kier molecular flexibility index (Phi) is 5.95. The van der Waals surface area contributed by atoms with Crippen molar-refractivity contribution in [1.82, 2.24) is 20.0 Å². The minimum absolute atomic E-state index is 0.216. The van der Waals surface area contributed by atoms with E-state index in [1.807, 2.05) is 0 Å². The molecule has 6 nitrogen and oxygen atoms in total. The maximum absolute atomic E-state index is 11.5. The van der Waals surface area contributed by atoms with E-state index in [9.17, 15) is 4.79 Å². The van der Waals surface area contributed by atoms with E-state index in [1.54, 1.807) is 0 Å². The number of nitrogens with zero attached hydrogens (tertiary/aromatic N) is 3. The number of likely N-dealkylation sites (N-methyl/N-ethyl adjacent to an activating group) is 1. The lowest BCUT2D eigenvalue weighted by Crippen LogP contribution is -2.47. The number of amides is 1. The number of hydrogen-bond acceptors (Lipinski definition) is 5. The van der Waals surface area contributed by atoms with E-state index in [4.69, 9.17) is 4.74 Å². The van der Waals surface area contributed by atoms with Gasteiger partial charge < -0.3 is 15.0 Å². The van der Waals surface area contributed by atoms with E-state index in [0.29, 0.717) is 18.4 Å². The molecule has 0 bridgehead atoms. The number of piperazine rings is 1. The molecule has 0 saturated carbocycles. The second-order valence-electron chi connectivity index (χ2n) is 8.06. The number of carbonyl (C=O) groups is 1. The van der Waals surface area contributed by atoms with Crippen molar-refractivity contribution in [3.05, 3.63) is 29.8 Å². The Labute approximate surface area is 162 Å². The molecule has 3 saturated heterocycles. The molecule has 6 heteroatoms. The van der Waals surface area contributed by atoms with Crippen LogP contribution in [0.5, 0.6) is 5.75 Å². The first-order valence-corrected chi connectivity index (χ1v) is 10.4. The van der Waals surface area contributed by atoms with Crippen molar-refractivity contribution >= 4 is 5.91 Å². The molecule has 0 radical (unpaired) electrons. The lowest BCUT2D eigenvalue weighted by Gasteiger charge is -2.33. The molecule has 4 rings (SSSR count). The average Bonchev–Trinajstić information content (AvgIpc) is 3.20. The van der Waals surface area contributed by atoms with Crippen LogP contribution in [0.4, 0.5) is 0 Å². The summed E-state index contributed by atoms with van der Waals surface area (Å²) in [5, 5.41) is 3.10. The molecule has 3 aliphatic heterocycles. The molecule has 1 aromatic carbocycles. The smallest absolute Gasteiger partial charge is 0.220 e. The molecule has 2 atom stereocenters. The zero-order chi connectivity index (χ0) is 18.6. The molecule has 3 fully saturated rings. The summed E-state index contributed by atoms with van der Waals surface area (Å²) in [5.74, 6) is 1.70. The summed E-state index contributed by atoms with van der Waals surface area (Å²) in [7, 11) is 0. The van der Waals surface area contributed by atoms with Gasteiger partial charge in [-0.25, -0.2) is 0 Å². The second kappa shape index (κ2) is 8.59. The summed E-state index contributed by atoms with van der Waals surface area (Å²) < 4.78 is 6.16. The zero-order valence-corrected chi connectivity index (χ0v) is 16.4. The van der Waals surface area contributed by atoms with Crippen LogP contribution in [0.15, 0.2) is 24.3 Å². The molecule has 0 unspecified atom stereocenters. The topological polar surface area (TPSA) is 48.1 Å². The molecule has 0 aliphatic carbocycles. The third-order valence-corrected chi connectivity index (χ3v) is 6.25. The molecule has 3 heterocycles. The Balaban J connectivity index is 1.25. The molecule has 0 spiro atoms. The van der Waals surface area contributed by atoms with E-state index in [2.05, 4.69) is 51.2 Å². The molecule has 3 aliphatic rings. The number of nitrogens with one attached hydrogen (secondary N) is 1. The van der Waals surface area contributed by atoms with Crippen molar-refractivity contribution in [3.63, 3.8) is 0 Å².